The number of aliphatic hydroxyl groups excluding tert-OH is 1. The molecular formula is C14H17N3O3S2. The number of anilines is 1. The Morgan fingerprint density at radius 3 is 2.86 bits per heavy atom. The molecule has 3 N–H and O–H groups in total. The summed E-state index contributed by atoms with van der Waals surface area (Å²) in [6.07, 6.45) is 6.22. The average Bonchev–Trinajstić information content (AvgIpc) is 2.90. The molecule has 0 aliphatic heterocycles. The lowest BCUT2D eigenvalue weighted by Gasteiger charge is -2.16. The Morgan fingerprint density at radius 1 is 1.41 bits per heavy atom. The van der Waals surface area contributed by atoms with Gasteiger partial charge < -0.3 is 15.5 Å². The summed E-state index contributed by atoms with van der Waals surface area (Å²) in [5.41, 5.74) is 1.24. The van der Waals surface area contributed by atoms with Gasteiger partial charge in [0.2, 0.25) is 0 Å². The highest BCUT2D eigenvalue weighted by molar-refractivity contribution is 7.98. The van der Waals surface area contributed by atoms with Crippen molar-refractivity contribution >= 4 is 45.1 Å². The quantitative estimate of drug-likeness (QED) is 0.567. The van der Waals surface area contributed by atoms with Gasteiger partial charge in [0.25, 0.3) is 0 Å². The van der Waals surface area contributed by atoms with E-state index >= 15 is 0 Å². The molecule has 0 saturated heterocycles. The fraction of sp³-hybridized carbons (Fsp3) is 0.500. The lowest BCUT2D eigenvalue weighted by Crippen LogP contribution is -2.33. The first-order valence-electron chi connectivity index (χ1n) is 7.10. The van der Waals surface area contributed by atoms with Gasteiger partial charge in [0.05, 0.1) is 12.0 Å². The number of aromatic nitrogens is 2. The number of nitrogens with one attached hydrogen (secondary N) is 1. The summed E-state index contributed by atoms with van der Waals surface area (Å²) in [7, 11) is 0. The zero-order valence-corrected chi connectivity index (χ0v) is 13.8. The van der Waals surface area contributed by atoms with Gasteiger partial charge >= 0.3 is 5.97 Å². The van der Waals surface area contributed by atoms with Crippen LogP contribution >= 0.6 is 23.1 Å². The Balaban J connectivity index is 2.13. The molecule has 1 unspecified atom stereocenters. The topological polar surface area (TPSA) is 95.3 Å². The molecule has 2 heterocycles. The molecule has 0 fully saturated rings. The van der Waals surface area contributed by atoms with Crippen LogP contribution in [-0.2, 0) is 17.6 Å². The second kappa shape index (κ2) is 6.39. The fourth-order valence-electron chi connectivity index (χ4n) is 2.68. The molecule has 0 bridgehead atoms. The molecule has 0 amide bonds. The van der Waals surface area contributed by atoms with Gasteiger partial charge in [0.15, 0.2) is 5.16 Å². The molecule has 2 aromatic rings. The zero-order chi connectivity index (χ0) is 15.7. The summed E-state index contributed by atoms with van der Waals surface area (Å²) in [5, 5.41) is 22.8. The summed E-state index contributed by atoms with van der Waals surface area (Å²) in [6.45, 7) is -0.484. The van der Waals surface area contributed by atoms with E-state index in [-0.39, 0.29) is 0 Å². The highest BCUT2D eigenvalue weighted by Crippen LogP contribution is 2.39. The molecule has 118 valence electrons. The van der Waals surface area contributed by atoms with Crippen molar-refractivity contribution in [1.82, 2.24) is 9.97 Å². The highest BCUT2D eigenvalue weighted by atomic mass is 32.2. The van der Waals surface area contributed by atoms with Crippen LogP contribution in [0.1, 0.15) is 23.3 Å². The minimum absolute atomic E-state index is 0.484. The van der Waals surface area contributed by atoms with Crippen LogP contribution in [0, 0.1) is 0 Å². The van der Waals surface area contributed by atoms with Gasteiger partial charge in [-0.15, -0.1) is 11.3 Å². The third-order valence-electron chi connectivity index (χ3n) is 3.77. The molecule has 0 aromatic carbocycles. The summed E-state index contributed by atoms with van der Waals surface area (Å²) >= 11 is 3.09. The van der Waals surface area contributed by atoms with Gasteiger partial charge in [-0.3, -0.25) is 0 Å². The van der Waals surface area contributed by atoms with Crippen LogP contribution in [0.25, 0.3) is 10.2 Å². The van der Waals surface area contributed by atoms with Crippen LogP contribution in [0.15, 0.2) is 5.16 Å². The number of fused-ring (bicyclic) bond motifs is 3. The maximum Gasteiger partial charge on any atom is 0.328 e. The van der Waals surface area contributed by atoms with Crippen molar-refractivity contribution in [1.29, 1.82) is 0 Å². The highest BCUT2D eigenvalue weighted by Gasteiger charge is 2.24. The zero-order valence-electron chi connectivity index (χ0n) is 12.1. The predicted molar refractivity (Wildman–Crippen MR) is 88.0 cm³/mol. The molecule has 0 saturated carbocycles. The van der Waals surface area contributed by atoms with E-state index < -0.39 is 18.6 Å². The number of nitrogens with zero attached hydrogens (tertiary/aromatic N) is 2. The van der Waals surface area contributed by atoms with Crippen molar-refractivity contribution in [2.24, 2.45) is 0 Å². The Kier molecular flexibility index (Phi) is 4.51. The Hall–Kier alpha value is -1.38. The molecule has 8 heteroatoms. The number of aliphatic carboxylic acids is 1. The smallest absolute Gasteiger partial charge is 0.328 e. The monoisotopic (exact) mass is 339 g/mol. The Labute approximate surface area is 136 Å². The van der Waals surface area contributed by atoms with E-state index in [9.17, 15) is 9.90 Å². The summed E-state index contributed by atoms with van der Waals surface area (Å²) < 4.78 is 0. The normalized spacial score (nSPS) is 15.5. The van der Waals surface area contributed by atoms with Gasteiger partial charge in [-0.25, -0.2) is 14.8 Å². The first-order valence-corrected chi connectivity index (χ1v) is 9.14. The number of aryl methyl sites for hydroxylation is 2. The molecule has 0 spiro atoms. The number of carboxylic acid groups (broad SMARTS) is 1. The SMILES string of the molecule is CSc1nc(NC(CO)C(=O)O)c2c3c(sc2n1)CCCC3. The van der Waals surface area contributed by atoms with Crippen LogP contribution in [0.3, 0.4) is 0 Å². The summed E-state index contributed by atoms with van der Waals surface area (Å²) in [6, 6.07) is -1.06. The van der Waals surface area contributed by atoms with Crippen LogP contribution in [-0.4, -0.2) is 45.1 Å². The van der Waals surface area contributed by atoms with Crippen LogP contribution in [0.5, 0.6) is 0 Å². The summed E-state index contributed by atoms with van der Waals surface area (Å²) in [4.78, 5) is 22.4. The third-order valence-corrected chi connectivity index (χ3v) is 5.50. The number of carboxylic acids is 1. The van der Waals surface area contributed by atoms with Gasteiger partial charge in [0.1, 0.15) is 16.7 Å². The number of thioether (sulfide) groups is 1. The largest absolute Gasteiger partial charge is 0.480 e. The van der Waals surface area contributed by atoms with E-state index in [1.165, 1.54) is 28.6 Å². The number of rotatable bonds is 5. The van der Waals surface area contributed by atoms with E-state index in [2.05, 4.69) is 15.3 Å². The molecule has 0 radical (unpaired) electrons. The third kappa shape index (κ3) is 2.78. The fourth-order valence-corrected chi connectivity index (χ4v) is 4.37. The van der Waals surface area contributed by atoms with Gasteiger partial charge in [-0.2, -0.15) is 0 Å². The molecule has 1 atom stereocenters. The van der Waals surface area contributed by atoms with Crippen molar-refractivity contribution in [2.75, 3.05) is 18.2 Å². The van der Waals surface area contributed by atoms with Crippen molar-refractivity contribution in [3.8, 4) is 0 Å². The minimum Gasteiger partial charge on any atom is -0.480 e. The number of hydrogen-bond donors (Lipinski definition) is 3. The van der Waals surface area contributed by atoms with Gasteiger partial charge in [-0.1, -0.05) is 11.8 Å². The van der Waals surface area contributed by atoms with E-state index in [0.717, 1.165) is 29.5 Å². The van der Waals surface area contributed by atoms with Crippen molar-refractivity contribution in [3.05, 3.63) is 10.4 Å². The van der Waals surface area contributed by atoms with E-state index in [1.807, 2.05) is 6.26 Å². The number of aliphatic hydroxyl groups is 1. The molecule has 3 rings (SSSR count). The van der Waals surface area contributed by atoms with Crippen LogP contribution < -0.4 is 5.32 Å². The molecule has 2 aromatic heterocycles. The molecule has 1 aliphatic carbocycles. The Morgan fingerprint density at radius 2 is 2.18 bits per heavy atom. The van der Waals surface area contributed by atoms with E-state index in [1.54, 1.807) is 11.3 Å². The molecule has 22 heavy (non-hydrogen) atoms. The molecule has 1 aliphatic rings. The minimum atomic E-state index is -1.09. The molecular weight excluding hydrogens is 322 g/mol. The number of carbonyl (C=O) groups is 1. The second-order valence-electron chi connectivity index (χ2n) is 5.17. The van der Waals surface area contributed by atoms with Gasteiger partial charge in [0, 0.05) is 4.88 Å². The predicted octanol–water partition coefficient (Wildman–Crippen LogP) is 2.15. The maximum absolute atomic E-state index is 11.2. The Bertz CT molecular complexity index is 717. The summed E-state index contributed by atoms with van der Waals surface area (Å²) in [5.74, 6) is -0.570. The van der Waals surface area contributed by atoms with Crippen molar-refractivity contribution in [3.63, 3.8) is 0 Å². The van der Waals surface area contributed by atoms with E-state index in [4.69, 9.17) is 5.11 Å². The van der Waals surface area contributed by atoms with Crippen LogP contribution in [0.2, 0.25) is 0 Å². The van der Waals surface area contributed by atoms with Crippen LogP contribution in [0.4, 0.5) is 5.82 Å². The van der Waals surface area contributed by atoms with E-state index in [0.29, 0.717) is 11.0 Å². The average molecular weight is 339 g/mol. The lowest BCUT2D eigenvalue weighted by atomic mass is 9.97. The van der Waals surface area contributed by atoms with Crippen molar-refractivity contribution in [2.45, 2.75) is 36.9 Å². The van der Waals surface area contributed by atoms with Gasteiger partial charge in [-0.05, 0) is 37.5 Å². The first-order chi connectivity index (χ1) is 10.6. The number of hydrogen-bond acceptors (Lipinski definition) is 7. The standard InChI is InChI=1S/C14H17N3O3S2/c1-21-14-16-11(15-8(6-18)13(19)20)10-7-4-2-3-5-9(7)22-12(10)17-14/h8,18H,2-6H2,1H3,(H,19,20)(H,15,16,17). The maximum atomic E-state index is 11.2. The number of thiophene rings is 1. The lowest BCUT2D eigenvalue weighted by molar-refractivity contribution is -0.138. The molecule has 6 nitrogen and oxygen atoms in total. The second-order valence-corrected chi connectivity index (χ2v) is 7.02. The van der Waals surface area contributed by atoms with Crippen molar-refractivity contribution < 1.29 is 15.0 Å². The first kappa shape index (κ1) is 15.5.